The number of hydrogen-bond donors (Lipinski definition) is 0. The van der Waals surface area contributed by atoms with Gasteiger partial charge in [0.05, 0.1) is 30.8 Å². The van der Waals surface area contributed by atoms with Crippen molar-refractivity contribution in [3.05, 3.63) is 85.5 Å². The van der Waals surface area contributed by atoms with Crippen LogP contribution in [0.4, 0.5) is 0 Å². The third-order valence-electron chi connectivity index (χ3n) is 4.91. The molecule has 0 atom stereocenters. The molecule has 0 saturated heterocycles. The van der Waals surface area contributed by atoms with E-state index in [1.807, 2.05) is 11.6 Å². The van der Waals surface area contributed by atoms with Crippen molar-refractivity contribution < 1.29 is 9.13 Å². The molecule has 0 amide bonds. The zero-order valence-electron chi connectivity index (χ0n) is 14.8. The molecule has 26 heavy (non-hydrogen) atoms. The van der Waals surface area contributed by atoms with Crippen LogP contribution in [0.15, 0.2) is 79.1 Å². The lowest BCUT2D eigenvalue weighted by Gasteiger charge is -2.06. The van der Waals surface area contributed by atoms with Crippen LogP contribution in [0.5, 0.6) is 0 Å². The summed E-state index contributed by atoms with van der Waals surface area (Å²) < 4.78 is 8.53. The summed E-state index contributed by atoms with van der Waals surface area (Å²) in [7, 11) is 4.11. The van der Waals surface area contributed by atoms with Crippen molar-refractivity contribution in [2.24, 2.45) is 14.1 Å². The molecule has 2 heterocycles. The first-order valence-electron chi connectivity index (χ1n) is 8.68. The number of aromatic nitrogens is 4. The molecule has 0 radical (unpaired) electrons. The maximum atomic E-state index is 3.41. The molecular weight excluding hydrogens is 320 g/mol. The molecule has 4 nitrogen and oxygen atoms in total. The predicted octanol–water partition coefficient (Wildman–Crippen LogP) is 3.02. The van der Waals surface area contributed by atoms with Crippen molar-refractivity contribution in [1.82, 2.24) is 9.13 Å². The molecule has 5 rings (SSSR count). The first-order chi connectivity index (χ1) is 12.7. The van der Waals surface area contributed by atoms with Gasteiger partial charge < -0.3 is 9.13 Å². The maximum Gasteiger partial charge on any atom is 0.249 e. The van der Waals surface area contributed by atoms with E-state index >= 15 is 0 Å². The number of aryl methyl sites for hydroxylation is 2. The SMILES string of the molecule is C[n+]1[c-]n(-c2cccc(-n3c[n+](C)c4ccccc43)c2)c2ccccc21. The van der Waals surface area contributed by atoms with Gasteiger partial charge in [-0.2, -0.15) is 4.57 Å². The third kappa shape index (κ3) is 2.15. The van der Waals surface area contributed by atoms with Crippen LogP contribution in [-0.2, 0) is 14.1 Å². The van der Waals surface area contributed by atoms with Crippen LogP contribution in [0.3, 0.4) is 0 Å². The van der Waals surface area contributed by atoms with Crippen LogP contribution in [0, 0.1) is 6.33 Å². The summed E-state index contributed by atoms with van der Waals surface area (Å²) in [6.45, 7) is 0. The topological polar surface area (TPSA) is 17.6 Å². The zero-order valence-corrected chi connectivity index (χ0v) is 14.8. The summed E-state index contributed by atoms with van der Waals surface area (Å²) in [6, 6.07) is 25.4. The highest BCUT2D eigenvalue weighted by molar-refractivity contribution is 5.75. The van der Waals surface area contributed by atoms with E-state index in [4.69, 9.17) is 0 Å². The molecule has 0 saturated carbocycles. The highest BCUT2D eigenvalue weighted by Crippen LogP contribution is 2.21. The fourth-order valence-electron chi connectivity index (χ4n) is 3.64. The van der Waals surface area contributed by atoms with E-state index in [1.165, 1.54) is 11.0 Å². The fourth-order valence-corrected chi connectivity index (χ4v) is 3.64. The van der Waals surface area contributed by atoms with Crippen LogP contribution in [0.2, 0.25) is 0 Å². The standard InChI is InChI=1S/C22H19N4/c1-23-15-25(21-12-5-3-10-19(21)23)17-8-7-9-18(14-17)26-16-24(2)20-11-4-6-13-22(20)26/h3-15H,1-2H3/q+1. The molecule has 0 aliphatic carbocycles. The van der Waals surface area contributed by atoms with Crippen molar-refractivity contribution in [2.75, 3.05) is 0 Å². The van der Waals surface area contributed by atoms with Gasteiger partial charge in [-0.1, -0.05) is 48.5 Å². The minimum absolute atomic E-state index is 1.10. The Kier molecular flexibility index (Phi) is 3.19. The van der Waals surface area contributed by atoms with Gasteiger partial charge in [-0.05, 0) is 24.3 Å². The highest BCUT2D eigenvalue weighted by atomic mass is 15.1. The van der Waals surface area contributed by atoms with Gasteiger partial charge in [0, 0.05) is 0 Å². The summed E-state index contributed by atoms with van der Waals surface area (Å²) in [4.78, 5) is 0. The first-order valence-corrected chi connectivity index (χ1v) is 8.68. The van der Waals surface area contributed by atoms with E-state index in [2.05, 4.69) is 106 Å². The summed E-state index contributed by atoms with van der Waals surface area (Å²) in [5.41, 5.74) is 6.94. The van der Waals surface area contributed by atoms with Crippen molar-refractivity contribution in [1.29, 1.82) is 0 Å². The van der Waals surface area contributed by atoms with Gasteiger partial charge in [0.2, 0.25) is 12.7 Å². The Morgan fingerprint density at radius 1 is 0.731 bits per heavy atom. The summed E-state index contributed by atoms with van der Waals surface area (Å²) in [6.07, 6.45) is 5.54. The fraction of sp³-hybridized carbons (Fsp3) is 0.0909. The average Bonchev–Trinajstić information content (AvgIpc) is 3.20. The predicted molar refractivity (Wildman–Crippen MR) is 101 cm³/mol. The number of benzene rings is 3. The van der Waals surface area contributed by atoms with E-state index in [0.29, 0.717) is 0 Å². The Balaban J connectivity index is 1.72. The average molecular weight is 339 g/mol. The molecular formula is C22H19N4+. The lowest BCUT2D eigenvalue weighted by molar-refractivity contribution is -0.649. The molecule has 0 spiro atoms. The molecule has 0 bridgehead atoms. The Bertz CT molecular complexity index is 1160. The van der Waals surface area contributed by atoms with E-state index in [0.717, 1.165) is 22.4 Å². The van der Waals surface area contributed by atoms with E-state index in [1.54, 1.807) is 0 Å². The minimum Gasteiger partial charge on any atom is -0.319 e. The molecule has 0 N–H and O–H groups in total. The lowest BCUT2D eigenvalue weighted by atomic mass is 10.2. The van der Waals surface area contributed by atoms with Crippen LogP contribution < -0.4 is 9.13 Å². The second kappa shape index (κ2) is 5.56. The molecule has 0 aliphatic rings. The molecule has 4 heteroatoms. The number of nitrogens with zero attached hydrogens (tertiary/aromatic N) is 4. The number of imidazole rings is 2. The monoisotopic (exact) mass is 339 g/mol. The normalized spacial score (nSPS) is 11.5. The number of fused-ring (bicyclic) bond motifs is 2. The molecule has 126 valence electrons. The van der Waals surface area contributed by atoms with Crippen LogP contribution >= 0.6 is 0 Å². The van der Waals surface area contributed by atoms with Crippen molar-refractivity contribution in [2.45, 2.75) is 0 Å². The Hall–Kier alpha value is -3.40. The molecule has 5 aromatic rings. The summed E-state index contributed by atoms with van der Waals surface area (Å²) in [5, 5.41) is 0. The summed E-state index contributed by atoms with van der Waals surface area (Å²) in [5.74, 6) is 0. The second-order valence-electron chi connectivity index (χ2n) is 6.59. The minimum atomic E-state index is 1.10. The number of hydrogen-bond acceptors (Lipinski definition) is 0. The molecule has 0 aliphatic heterocycles. The van der Waals surface area contributed by atoms with Gasteiger partial charge >= 0.3 is 0 Å². The highest BCUT2D eigenvalue weighted by Gasteiger charge is 2.15. The number of para-hydroxylation sites is 4. The van der Waals surface area contributed by atoms with Crippen molar-refractivity contribution >= 4 is 22.1 Å². The molecule has 3 aromatic carbocycles. The Morgan fingerprint density at radius 3 is 2.27 bits per heavy atom. The first kappa shape index (κ1) is 14.9. The quantitative estimate of drug-likeness (QED) is 0.348. The molecule has 2 aromatic heterocycles. The molecule has 0 unspecified atom stereocenters. The maximum absolute atomic E-state index is 3.41. The lowest BCUT2D eigenvalue weighted by Crippen LogP contribution is -2.26. The largest absolute Gasteiger partial charge is 0.319 e. The second-order valence-corrected chi connectivity index (χ2v) is 6.59. The summed E-state index contributed by atoms with van der Waals surface area (Å²) >= 11 is 0. The number of rotatable bonds is 2. The Labute approximate surface area is 151 Å². The Morgan fingerprint density at radius 2 is 1.42 bits per heavy atom. The molecule has 0 fully saturated rings. The van der Waals surface area contributed by atoms with Gasteiger partial charge in [0.1, 0.15) is 5.69 Å². The van der Waals surface area contributed by atoms with Gasteiger partial charge in [0.25, 0.3) is 0 Å². The van der Waals surface area contributed by atoms with Crippen molar-refractivity contribution in [3.8, 4) is 11.4 Å². The van der Waals surface area contributed by atoms with Gasteiger partial charge in [-0.25, -0.2) is 4.57 Å². The van der Waals surface area contributed by atoms with Crippen LogP contribution in [0.25, 0.3) is 33.4 Å². The van der Waals surface area contributed by atoms with Gasteiger partial charge in [0.15, 0.2) is 11.0 Å². The smallest absolute Gasteiger partial charge is 0.249 e. The van der Waals surface area contributed by atoms with Crippen LogP contribution in [-0.4, -0.2) is 9.13 Å². The van der Waals surface area contributed by atoms with Gasteiger partial charge in [-0.3, -0.25) is 0 Å². The van der Waals surface area contributed by atoms with Gasteiger partial charge in [-0.15, -0.1) is 0 Å². The van der Waals surface area contributed by atoms with E-state index < -0.39 is 0 Å². The van der Waals surface area contributed by atoms with E-state index in [9.17, 15) is 0 Å². The van der Waals surface area contributed by atoms with E-state index in [-0.39, 0.29) is 0 Å². The third-order valence-corrected chi connectivity index (χ3v) is 4.91. The van der Waals surface area contributed by atoms with Crippen molar-refractivity contribution in [3.63, 3.8) is 0 Å². The van der Waals surface area contributed by atoms with Crippen LogP contribution in [0.1, 0.15) is 0 Å². The zero-order chi connectivity index (χ0) is 17.7.